The standard InChI is InChI=1S/C25H28N2O6.C19H32N2O6.C17H28N2O6.C17H22N2O2.C14H24N2O2.C13H22N2O2/c1-24(2)13-15(14-25(3,4)26-24)27(20(28)16-9-5-7-11-18(16)22(30)31)21(29)17-10-6-8-12-19(17)23(32)33;1-18(2)11-13(12-19(3,4)20-18)21(14(22)7-5-9-16(24)25)15(23)8-6-10-17(26)27;1-16(2)9-11(10-17(3,4)18-16)19(12(20)5-7-14(22)23)13(21)6-8-15(24)25;1-16(2)9-11(10-17(3,4)18-16)19-14(20)12-7-5-6-8-13(12)15(19)21;1-13(2)8-10(9-14(3,4)15-13)16-11(17)6-5-7-12(16)18;1-12(2)7-9(8-13(3,4)14-12)15-10(16)5-6-11(15)17/h5-12,15,26H,13-14H2,1-4H3,(H,30,31)(H,32,33);13,20H,5-12H2,1-4H3,(H,24,25)(H,26,27);11,18H,5-10H2,1-4H3,(H,22,23)(H,24,25);5-8,11,18H,9-10H2,1-4H3;10,15H,5-9H2,1-4H3;9,14H,5-8H2,1-4H3. The summed E-state index contributed by atoms with van der Waals surface area (Å²) in [4.78, 5) is 225. The number of likely N-dealkylation sites (tertiary alicyclic amines) is 2. The van der Waals surface area contributed by atoms with Gasteiger partial charge in [0.2, 0.25) is 47.3 Å². The van der Waals surface area contributed by atoms with E-state index in [1.165, 1.54) is 63.2 Å². The fourth-order valence-corrected chi connectivity index (χ4v) is 23.6. The molecule has 0 atom stereocenters. The van der Waals surface area contributed by atoms with E-state index >= 15 is 0 Å². The summed E-state index contributed by atoms with van der Waals surface area (Å²) in [6, 6.07) is 17.3. The first-order valence-electron chi connectivity index (χ1n) is 49.1. The molecule has 12 N–H and O–H groups in total. The summed E-state index contributed by atoms with van der Waals surface area (Å²) in [5.41, 5.74) is -1.97. The second-order valence-corrected chi connectivity index (χ2v) is 47.2. The van der Waals surface area contributed by atoms with Crippen molar-refractivity contribution in [2.45, 2.75) is 442 Å². The summed E-state index contributed by atoms with van der Waals surface area (Å²) in [6.45, 7) is 49.4. The maximum Gasteiger partial charge on any atom is 0.336 e. The number of piperidine rings is 7. The molecule has 8 saturated heterocycles. The van der Waals surface area contributed by atoms with Crippen molar-refractivity contribution < 1.29 is 117 Å². The van der Waals surface area contributed by atoms with Crippen LogP contribution in [-0.2, 0) is 57.5 Å². The van der Waals surface area contributed by atoms with Crippen LogP contribution >= 0.6 is 0 Å². The SMILES string of the molecule is CC1(C)CC(N(C(=O)CCC(=O)O)C(=O)CCC(=O)O)CC(C)(C)N1.CC1(C)CC(N(C(=O)CCCC(=O)O)C(=O)CCCC(=O)O)CC(C)(C)N1.CC1(C)CC(N(C(=O)c2ccccc2C(=O)O)C(=O)c2ccccc2C(=O)O)CC(C)(C)N1.CC1(C)CC(N2C(=O)CCC2=O)CC(C)(C)N1.CC1(C)CC(N2C(=O)CCCC2=O)CC(C)(C)N1.CC1(C)CC(N2C(=O)c3ccccc3C2=O)CC(C)(C)N1. The Morgan fingerprint density at radius 3 is 0.730 bits per heavy atom. The number of imide groups is 6. The molecule has 9 heterocycles. The molecule has 141 heavy (non-hydrogen) atoms. The Morgan fingerprint density at radius 2 is 0.482 bits per heavy atom. The number of fused-ring (bicyclic) bond motifs is 1. The highest BCUT2D eigenvalue weighted by Crippen LogP contribution is 2.42. The summed E-state index contributed by atoms with van der Waals surface area (Å²) in [7, 11) is 0. The second kappa shape index (κ2) is 46.2. The lowest BCUT2D eigenvalue weighted by Crippen LogP contribution is -2.64. The van der Waals surface area contributed by atoms with Gasteiger partial charge in [-0.2, -0.15) is 0 Å². The van der Waals surface area contributed by atoms with Crippen LogP contribution in [0, 0.1) is 0 Å². The zero-order valence-electron chi connectivity index (χ0n) is 87.2. The van der Waals surface area contributed by atoms with Crippen LogP contribution in [0.25, 0.3) is 0 Å². The summed E-state index contributed by atoms with van der Waals surface area (Å²) < 4.78 is 0. The molecule has 0 bridgehead atoms. The van der Waals surface area contributed by atoms with E-state index in [1.54, 1.807) is 17.0 Å². The fourth-order valence-electron chi connectivity index (χ4n) is 23.6. The number of aromatic carboxylic acids is 2. The van der Waals surface area contributed by atoms with Gasteiger partial charge in [0.25, 0.3) is 23.6 Å². The number of hydrogen-bond donors (Lipinski definition) is 12. The van der Waals surface area contributed by atoms with Gasteiger partial charge >= 0.3 is 35.8 Å². The highest BCUT2D eigenvalue weighted by atomic mass is 16.4. The van der Waals surface area contributed by atoms with Crippen molar-refractivity contribution in [1.82, 2.24) is 61.3 Å². The lowest BCUT2D eigenvalue weighted by Gasteiger charge is -2.49. The van der Waals surface area contributed by atoms with Gasteiger partial charge in [0.15, 0.2) is 0 Å². The summed E-state index contributed by atoms with van der Waals surface area (Å²) in [6.07, 6.45) is 9.30. The van der Waals surface area contributed by atoms with Crippen LogP contribution in [-0.4, -0.2) is 269 Å². The third kappa shape index (κ3) is 34.1. The van der Waals surface area contributed by atoms with E-state index in [9.17, 15) is 96.5 Å². The number of benzene rings is 3. The van der Waals surface area contributed by atoms with Crippen LogP contribution < -0.4 is 31.9 Å². The molecule has 12 amide bonds. The molecule has 3 aromatic rings. The Hall–Kier alpha value is -10.9. The summed E-state index contributed by atoms with van der Waals surface area (Å²) in [5, 5.41) is 75.5. The molecule has 0 aromatic heterocycles. The lowest BCUT2D eigenvalue weighted by molar-refractivity contribution is -0.154. The molecule has 36 nitrogen and oxygen atoms in total. The number of carbonyl (C=O) groups excluding carboxylic acids is 12. The highest BCUT2D eigenvalue weighted by molar-refractivity contribution is 6.22. The maximum absolute atomic E-state index is 13.8. The van der Waals surface area contributed by atoms with Gasteiger partial charge in [-0.25, -0.2) is 9.59 Å². The smallest absolute Gasteiger partial charge is 0.336 e. The number of carbonyl (C=O) groups is 18. The van der Waals surface area contributed by atoms with Crippen molar-refractivity contribution in [2.24, 2.45) is 0 Å². The Morgan fingerprint density at radius 1 is 0.270 bits per heavy atom. The molecule has 12 rings (SSSR count). The van der Waals surface area contributed by atoms with Gasteiger partial charge in [-0.3, -0.25) is 106 Å². The monoisotopic (exact) mass is 1970 g/mol. The van der Waals surface area contributed by atoms with E-state index in [-0.39, 0.29) is 213 Å². The second-order valence-electron chi connectivity index (χ2n) is 47.2. The zero-order valence-corrected chi connectivity index (χ0v) is 87.2. The Bertz CT molecular complexity index is 4900. The first-order valence-corrected chi connectivity index (χ1v) is 49.1. The average Bonchev–Trinajstić information content (AvgIpc) is 1.64. The minimum absolute atomic E-state index is 0.00787. The zero-order chi connectivity index (χ0) is 107. The molecular weight excluding hydrogens is 1810 g/mol. The van der Waals surface area contributed by atoms with Gasteiger partial charge in [-0.15, -0.1) is 0 Å². The van der Waals surface area contributed by atoms with E-state index in [2.05, 4.69) is 115 Å². The third-order valence-corrected chi connectivity index (χ3v) is 26.4. The highest BCUT2D eigenvalue weighted by Gasteiger charge is 2.52. The number of amides is 12. The van der Waals surface area contributed by atoms with Crippen molar-refractivity contribution in [3.05, 3.63) is 106 Å². The molecule has 9 aliphatic heterocycles. The molecule has 0 aliphatic carbocycles. The molecule has 36 heteroatoms. The first kappa shape index (κ1) is 117. The molecule has 0 unspecified atom stereocenters. The van der Waals surface area contributed by atoms with E-state index in [0.29, 0.717) is 81.8 Å². The quantitative estimate of drug-likeness (QED) is 0.0371. The molecule has 9 aliphatic rings. The Kier molecular flexibility index (Phi) is 38.4. The van der Waals surface area contributed by atoms with Crippen molar-refractivity contribution >= 4 is 107 Å². The van der Waals surface area contributed by atoms with Crippen molar-refractivity contribution in [2.75, 3.05) is 0 Å². The molecule has 0 spiro atoms. The first-order chi connectivity index (χ1) is 64.6. The molecular formula is C105H156N12O24. The minimum atomic E-state index is -1.29. The van der Waals surface area contributed by atoms with Crippen molar-refractivity contribution in [3.8, 4) is 0 Å². The van der Waals surface area contributed by atoms with Gasteiger partial charge < -0.3 is 62.5 Å². The number of carboxylic acids is 6. The largest absolute Gasteiger partial charge is 0.481 e. The number of nitrogens with one attached hydrogen (secondary N) is 6. The third-order valence-electron chi connectivity index (χ3n) is 26.4. The molecule has 0 radical (unpaired) electrons. The van der Waals surface area contributed by atoms with E-state index < -0.39 is 82.6 Å². The van der Waals surface area contributed by atoms with Gasteiger partial charge in [0.1, 0.15) is 0 Å². The summed E-state index contributed by atoms with van der Waals surface area (Å²) in [5.74, 6) is -10.4. The van der Waals surface area contributed by atoms with Gasteiger partial charge in [0.05, 0.1) is 46.2 Å². The van der Waals surface area contributed by atoms with E-state index in [4.69, 9.17) is 20.4 Å². The number of hydrogen-bond acceptors (Lipinski definition) is 24. The van der Waals surface area contributed by atoms with E-state index in [0.717, 1.165) is 48.3 Å². The maximum atomic E-state index is 13.8. The van der Waals surface area contributed by atoms with Crippen LogP contribution in [0.3, 0.4) is 0 Å². The van der Waals surface area contributed by atoms with Crippen molar-refractivity contribution in [1.29, 1.82) is 0 Å². The van der Waals surface area contributed by atoms with Crippen LogP contribution in [0.4, 0.5) is 0 Å². The van der Waals surface area contributed by atoms with Crippen molar-refractivity contribution in [3.63, 3.8) is 0 Å². The topological polar surface area (TPSA) is 520 Å². The molecule has 3 aromatic carbocycles. The Balaban J connectivity index is 0.000000233. The molecule has 0 saturated carbocycles. The predicted molar refractivity (Wildman–Crippen MR) is 527 cm³/mol. The summed E-state index contributed by atoms with van der Waals surface area (Å²) >= 11 is 0. The number of aliphatic carboxylic acids is 4. The van der Waals surface area contributed by atoms with Gasteiger partial charge in [-0.05, 0) is 299 Å². The predicted octanol–water partition coefficient (Wildman–Crippen LogP) is 13.1. The van der Waals surface area contributed by atoms with Crippen LogP contribution in [0.15, 0.2) is 72.8 Å². The van der Waals surface area contributed by atoms with E-state index in [1.807, 2.05) is 95.2 Å². The molecule has 8 fully saturated rings. The average molecular weight is 1970 g/mol. The number of nitrogens with zero attached hydrogens (tertiary/aromatic N) is 6. The van der Waals surface area contributed by atoms with Crippen LogP contribution in [0.2, 0.25) is 0 Å². The number of rotatable bonds is 24. The Labute approximate surface area is 829 Å². The van der Waals surface area contributed by atoms with Crippen LogP contribution in [0.5, 0.6) is 0 Å². The van der Waals surface area contributed by atoms with Gasteiger partial charge in [-0.1, -0.05) is 36.4 Å². The number of carboxylic acid groups (broad SMARTS) is 6. The lowest BCUT2D eigenvalue weighted by atomic mass is 9.78. The van der Waals surface area contributed by atoms with Crippen LogP contribution in [0.1, 0.15) is 402 Å². The van der Waals surface area contributed by atoms with Gasteiger partial charge in [0, 0.05) is 167 Å². The fraction of sp³-hybridized carbons (Fsp3) is 0.657. The normalized spacial score (nSPS) is 21.7. The minimum Gasteiger partial charge on any atom is -0.481 e. The molecule has 780 valence electrons.